The van der Waals surface area contributed by atoms with Crippen LogP contribution in [-0.2, 0) is 5.41 Å². The smallest absolute Gasteiger partial charge is 0.0450 e. The number of aliphatic imine (C=N–C) groups is 1. The third-order valence-electron chi connectivity index (χ3n) is 7.11. The van der Waals surface area contributed by atoms with Gasteiger partial charge >= 0.3 is 0 Å². The fourth-order valence-corrected chi connectivity index (χ4v) is 5.05. The van der Waals surface area contributed by atoms with Gasteiger partial charge < -0.3 is 4.90 Å². The molecule has 0 fully saturated rings. The normalized spacial score (nSPS) is 17.8. The van der Waals surface area contributed by atoms with Crippen molar-refractivity contribution in [1.82, 2.24) is 0 Å². The number of benzene rings is 1. The topological polar surface area (TPSA) is 15.6 Å². The van der Waals surface area contributed by atoms with Crippen molar-refractivity contribution in [2.24, 2.45) is 10.4 Å². The average Bonchev–Trinajstić information content (AvgIpc) is 3.05. The van der Waals surface area contributed by atoms with Gasteiger partial charge in [0.25, 0.3) is 0 Å². The van der Waals surface area contributed by atoms with Crippen LogP contribution in [0.15, 0.2) is 101 Å². The van der Waals surface area contributed by atoms with Crippen molar-refractivity contribution in [3.8, 4) is 0 Å². The molecule has 0 aliphatic carbocycles. The Balaban J connectivity index is 2.23. The maximum atomic E-state index is 4.56. The molecule has 0 atom stereocenters. The summed E-state index contributed by atoms with van der Waals surface area (Å²) in [5.41, 5.74) is 5.76. The summed E-state index contributed by atoms with van der Waals surface area (Å²) >= 11 is 4.53. The third kappa shape index (κ3) is 7.26. The number of rotatable bonds is 12. The van der Waals surface area contributed by atoms with Crippen LogP contribution >= 0.6 is 12.6 Å². The Morgan fingerprint density at radius 1 is 1.08 bits per heavy atom. The van der Waals surface area contributed by atoms with Crippen LogP contribution in [0.3, 0.4) is 0 Å². The number of para-hydroxylation sites is 1. The van der Waals surface area contributed by atoms with Gasteiger partial charge in [-0.15, -0.1) is 12.6 Å². The largest absolute Gasteiger partial charge is 0.344 e. The molecule has 194 valence electrons. The van der Waals surface area contributed by atoms with Gasteiger partial charge in [0.05, 0.1) is 0 Å². The molecule has 0 saturated heterocycles. The lowest BCUT2D eigenvalue weighted by molar-refractivity contribution is 0.612. The van der Waals surface area contributed by atoms with Gasteiger partial charge in [-0.05, 0) is 48.8 Å². The van der Waals surface area contributed by atoms with E-state index >= 15 is 0 Å². The Morgan fingerprint density at radius 2 is 1.81 bits per heavy atom. The zero-order valence-corrected chi connectivity index (χ0v) is 24.4. The quantitative estimate of drug-likeness (QED) is 0.130. The predicted octanol–water partition coefficient (Wildman–Crippen LogP) is 9.40. The molecule has 1 aliphatic rings. The van der Waals surface area contributed by atoms with Gasteiger partial charge in [-0.1, -0.05) is 109 Å². The lowest BCUT2D eigenvalue weighted by Crippen LogP contribution is -2.27. The standard InChI is InChI=1S/C33H46N2S/c1-9-11-12-18-24-35-29-21-17-16-20-28(29)33(6,7)31(35)23-15-13-14-22-30(34-8)32(4,5)26(3)25-27(36)19-10-2/h10,13-17,19-23,25,36H,3,9,11-12,18,24H2,1-2,4-8H3/b15-13+,19-10-,22-14+,27-25+,31-23+,34-30?. The third-order valence-corrected chi connectivity index (χ3v) is 7.39. The number of thiol groups is 1. The number of hydrogen-bond acceptors (Lipinski definition) is 3. The Labute approximate surface area is 226 Å². The zero-order valence-electron chi connectivity index (χ0n) is 23.5. The summed E-state index contributed by atoms with van der Waals surface area (Å²) in [6, 6.07) is 8.85. The Kier molecular flexibility index (Phi) is 11.3. The molecule has 1 heterocycles. The Hall–Kier alpha value is -2.52. The van der Waals surface area contributed by atoms with Gasteiger partial charge in [-0.25, -0.2) is 0 Å². The summed E-state index contributed by atoms with van der Waals surface area (Å²) < 4.78 is 0. The first-order chi connectivity index (χ1) is 17.1. The van der Waals surface area contributed by atoms with Crippen molar-refractivity contribution in [2.75, 3.05) is 18.5 Å². The molecule has 0 radical (unpaired) electrons. The van der Waals surface area contributed by atoms with Crippen LogP contribution in [0.1, 0.15) is 72.8 Å². The van der Waals surface area contributed by atoms with E-state index in [1.807, 2.05) is 32.2 Å². The van der Waals surface area contributed by atoms with E-state index in [1.54, 1.807) is 0 Å². The molecule has 0 spiro atoms. The van der Waals surface area contributed by atoms with Crippen LogP contribution in [0.4, 0.5) is 5.69 Å². The van der Waals surface area contributed by atoms with E-state index in [9.17, 15) is 0 Å². The second-order valence-electron chi connectivity index (χ2n) is 10.5. The highest BCUT2D eigenvalue weighted by atomic mass is 32.1. The van der Waals surface area contributed by atoms with E-state index in [0.29, 0.717) is 0 Å². The highest BCUT2D eigenvalue weighted by molar-refractivity contribution is 7.84. The van der Waals surface area contributed by atoms with Crippen LogP contribution in [0.25, 0.3) is 0 Å². The molecule has 2 rings (SSSR count). The minimum atomic E-state index is -0.294. The van der Waals surface area contributed by atoms with Crippen molar-refractivity contribution in [3.05, 3.63) is 101 Å². The highest BCUT2D eigenvalue weighted by Crippen LogP contribution is 2.47. The van der Waals surface area contributed by atoms with E-state index in [-0.39, 0.29) is 10.8 Å². The molecule has 0 aromatic heterocycles. The van der Waals surface area contributed by atoms with Crippen molar-refractivity contribution >= 4 is 24.0 Å². The van der Waals surface area contributed by atoms with Crippen molar-refractivity contribution in [1.29, 1.82) is 0 Å². The molecule has 0 bridgehead atoms. The average molecular weight is 503 g/mol. The summed E-state index contributed by atoms with van der Waals surface area (Å²) in [6.45, 7) is 18.6. The predicted molar refractivity (Wildman–Crippen MR) is 165 cm³/mol. The van der Waals surface area contributed by atoms with Crippen LogP contribution in [0.2, 0.25) is 0 Å². The Bertz CT molecular complexity index is 1080. The molecule has 3 heteroatoms. The summed E-state index contributed by atoms with van der Waals surface area (Å²) in [4.78, 5) is 7.97. The molecule has 1 aromatic carbocycles. The molecular formula is C33H46N2S. The first kappa shape index (κ1) is 29.7. The monoisotopic (exact) mass is 502 g/mol. The van der Waals surface area contributed by atoms with Gasteiger partial charge in [0.1, 0.15) is 0 Å². The number of allylic oxidation sites excluding steroid dienone is 10. The first-order valence-electron chi connectivity index (χ1n) is 13.2. The van der Waals surface area contributed by atoms with Crippen LogP contribution in [0.5, 0.6) is 0 Å². The molecule has 0 N–H and O–H groups in total. The van der Waals surface area contributed by atoms with Crippen LogP contribution in [-0.4, -0.2) is 19.3 Å². The van der Waals surface area contributed by atoms with Crippen molar-refractivity contribution in [3.63, 3.8) is 0 Å². The fraction of sp³-hybridized carbons (Fsp3) is 0.424. The van der Waals surface area contributed by atoms with Gasteiger partial charge in [0, 0.05) is 46.4 Å². The summed E-state index contributed by atoms with van der Waals surface area (Å²) in [7, 11) is 1.84. The number of fused-ring (bicyclic) bond motifs is 1. The van der Waals surface area contributed by atoms with Gasteiger partial charge in [-0.3, -0.25) is 4.99 Å². The van der Waals surface area contributed by atoms with E-state index in [0.717, 1.165) is 22.7 Å². The molecule has 2 nitrogen and oxygen atoms in total. The zero-order chi connectivity index (χ0) is 26.8. The lowest BCUT2D eigenvalue weighted by Gasteiger charge is -2.27. The number of anilines is 1. The molecule has 0 saturated carbocycles. The molecule has 0 amide bonds. The number of hydrogen-bond donors (Lipinski definition) is 1. The summed E-state index contributed by atoms with van der Waals surface area (Å²) in [6.07, 6.45) is 21.7. The minimum absolute atomic E-state index is 0.0188. The lowest BCUT2D eigenvalue weighted by atomic mass is 9.79. The molecule has 1 aliphatic heterocycles. The second-order valence-corrected chi connectivity index (χ2v) is 11.0. The van der Waals surface area contributed by atoms with Gasteiger partial charge in [-0.2, -0.15) is 0 Å². The van der Waals surface area contributed by atoms with E-state index in [1.165, 1.54) is 42.6 Å². The van der Waals surface area contributed by atoms with Crippen LogP contribution in [0, 0.1) is 5.41 Å². The second kappa shape index (κ2) is 13.7. The Morgan fingerprint density at radius 3 is 2.47 bits per heavy atom. The molecule has 0 unspecified atom stereocenters. The highest BCUT2D eigenvalue weighted by Gasteiger charge is 2.39. The van der Waals surface area contributed by atoms with Crippen molar-refractivity contribution < 1.29 is 0 Å². The van der Waals surface area contributed by atoms with Gasteiger partial charge in [0.2, 0.25) is 0 Å². The maximum Gasteiger partial charge on any atom is 0.0450 e. The van der Waals surface area contributed by atoms with Gasteiger partial charge in [0.15, 0.2) is 0 Å². The van der Waals surface area contributed by atoms with E-state index < -0.39 is 0 Å². The SMILES string of the molecule is C=C(/C=C(S)\C=C/C)C(C)(C)C(/C=C/C=C/C=C1/N(CCCCCC)c2ccccc2C1(C)C)=NC. The molecule has 1 aromatic rings. The van der Waals surface area contributed by atoms with E-state index in [4.69, 9.17) is 0 Å². The number of unbranched alkanes of at least 4 members (excludes halogenated alkanes) is 3. The maximum absolute atomic E-state index is 4.56. The summed E-state index contributed by atoms with van der Waals surface area (Å²) in [5, 5.41) is 0. The molecular weight excluding hydrogens is 456 g/mol. The van der Waals surface area contributed by atoms with E-state index in [2.05, 4.69) is 118 Å². The van der Waals surface area contributed by atoms with Crippen molar-refractivity contribution in [2.45, 2.75) is 72.6 Å². The van der Waals surface area contributed by atoms with Crippen LogP contribution < -0.4 is 4.90 Å². The number of nitrogens with zero attached hydrogens (tertiary/aromatic N) is 2. The summed E-state index contributed by atoms with van der Waals surface area (Å²) in [5.74, 6) is 0. The molecule has 36 heavy (non-hydrogen) atoms. The minimum Gasteiger partial charge on any atom is -0.344 e. The first-order valence-corrected chi connectivity index (χ1v) is 13.7. The fourth-order valence-electron chi connectivity index (χ4n) is 4.74.